The molecular weight excluding hydrogens is 201 g/mol. The van der Waals surface area contributed by atoms with Crippen LogP contribution in [-0.2, 0) is 4.79 Å². The third-order valence-corrected chi connectivity index (χ3v) is 1.75. The number of carboxylic acids is 1. The Morgan fingerprint density at radius 1 is 1.67 bits per heavy atom. The fourth-order valence-corrected chi connectivity index (χ4v) is 0.746. The highest BCUT2D eigenvalue weighted by Gasteiger charge is 2.33. The van der Waals surface area contributed by atoms with Gasteiger partial charge < -0.3 is 16.6 Å². The molecule has 0 radical (unpaired) electrons. The summed E-state index contributed by atoms with van der Waals surface area (Å²) in [6.07, 6.45) is 1.38. The first kappa shape index (κ1) is 13.6. The minimum Gasteiger partial charge on any atom is -0.480 e. The van der Waals surface area contributed by atoms with Crippen molar-refractivity contribution in [3.8, 4) is 0 Å². The Morgan fingerprint density at radius 2 is 2.20 bits per heavy atom. The predicted octanol–water partition coefficient (Wildman–Crippen LogP) is 0.409. The van der Waals surface area contributed by atoms with Crippen LogP contribution in [0.5, 0.6) is 0 Å². The maximum absolute atomic E-state index is 13.2. The van der Waals surface area contributed by atoms with Gasteiger partial charge in [0.2, 0.25) is 0 Å². The zero-order valence-electron chi connectivity index (χ0n) is 8.83. The maximum Gasteiger partial charge on any atom is 0.330 e. The van der Waals surface area contributed by atoms with E-state index in [1.807, 2.05) is 0 Å². The lowest BCUT2D eigenvalue weighted by Crippen LogP contribution is -2.45. The van der Waals surface area contributed by atoms with Crippen molar-refractivity contribution in [3.63, 3.8) is 0 Å². The first-order chi connectivity index (χ1) is 6.78. The molecule has 0 saturated carbocycles. The van der Waals surface area contributed by atoms with Gasteiger partial charge in [0.15, 0.2) is 5.54 Å². The predicted molar refractivity (Wildman–Crippen MR) is 56.2 cm³/mol. The number of nitrogens with zero attached hydrogens (tertiary/aromatic N) is 1. The summed E-state index contributed by atoms with van der Waals surface area (Å²) in [4.78, 5) is 14.4. The molecule has 0 aromatic rings. The Hall–Kier alpha value is -1.43. The van der Waals surface area contributed by atoms with Gasteiger partial charge in [0.05, 0.1) is 5.84 Å². The van der Waals surface area contributed by atoms with Gasteiger partial charge in [-0.2, -0.15) is 0 Å². The van der Waals surface area contributed by atoms with Crippen molar-refractivity contribution in [2.45, 2.75) is 25.8 Å². The summed E-state index contributed by atoms with van der Waals surface area (Å²) in [6, 6.07) is 0. The van der Waals surface area contributed by atoms with E-state index >= 15 is 0 Å². The molecule has 1 unspecified atom stereocenters. The number of aliphatic imine (C=N–C) groups is 1. The standard InChI is InChI=1S/C9H16FN3O2/c1-6(11)13-5-3-4-7(10)9(2,12)8(14)15/h4H,3,5,12H2,1-2H3,(H2,11,13)(H,14,15)/b7-4+. The number of halogens is 1. The Bertz CT molecular complexity index is 294. The summed E-state index contributed by atoms with van der Waals surface area (Å²) >= 11 is 0. The number of amidine groups is 1. The molecule has 0 aliphatic heterocycles. The van der Waals surface area contributed by atoms with Gasteiger partial charge in [0, 0.05) is 6.54 Å². The molecule has 1 atom stereocenters. The summed E-state index contributed by atoms with van der Waals surface area (Å²) in [5.41, 5.74) is 8.53. The summed E-state index contributed by atoms with van der Waals surface area (Å²) in [7, 11) is 0. The van der Waals surface area contributed by atoms with Crippen LogP contribution in [0.25, 0.3) is 0 Å². The zero-order chi connectivity index (χ0) is 12.1. The van der Waals surface area contributed by atoms with Crippen LogP contribution in [-0.4, -0.2) is 29.0 Å². The van der Waals surface area contributed by atoms with Crippen molar-refractivity contribution in [1.29, 1.82) is 0 Å². The molecule has 0 aromatic carbocycles. The molecule has 15 heavy (non-hydrogen) atoms. The van der Waals surface area contributed by atoms with E-state index in [-0.39, 0.29) is 6.42 Å². The van der Waals surface area contributed by atoms with Crippen molar-refractivity contribution >= 4 is 11.8 Å². The SMILES string of the molecule is CC(N)=NCC/C=C(/F)C(C)(N)C(=O)O. The number of nitrogens with two attached hydrogens (primary N) is 2. The molecule has 0 saturated heterocycles. The van der Waals surface area contributed by atoms with E-state index in [0.717, 1.165) is 13.0 Å². The number of hydrogen-bond donors (Lipinski definition) is 3. The van der Waals surface area contributed by atoms with Crippen LogP contribution in [0.2, 0.25) is 0 Å². The van der Waals surface area contributed by atoms with Gasteiger partial charge >= 0.3 is 5.97 Å². The number of carbonyl (C=O) groups is 1. The minimum atomic E-state index is -1.97. The topological polar surface area (TPSA) is 102 Å². The number of aliphatic carboxylic acids is 1. The second-order valence-electron chi connectivity index (χ2n) is 3.37. The molecule has 5 N–H and O–H groups in total. The van der Waals surface area contributed by atoms with Crippen LogP contribution < -0.4 is 11.5 Å². The van der Waals surface area contributed by atoms with E-state index < -0.39 is 17.3 Å². The second-order valence-corrected chi connectivity index (χ2v) is 3.37. The van der Waals surface area contributed by atoms with Gasteiger partial charge in [-0.25, -0.2) is 9.18 Å². The number of hydrogen-bond acceptors (Lipinski definition) is 3. The van der Waals surface area contributed by atoms with Gasteiger partial charge in [-0.15, -0.1) is 0 Å². The molecule has 0 aromatic heterocycles. The molecule has 86 valence electrons. The molecule has 6 heteroatoms. The smallest absolute Gasteiger partial charge is 0.330 e. The lowest BCUT2D eigenvalue weighted by Gasteiger charge is -2.16. The van der Waals surface area contributed by atoms with Gasteiger partial charge in [-0.3, -0.25) is 4.99 Å². The van der Waals surface area contributed by atoms with Crippen molar-refractivity contribution < 1.29 is 14.3 Å². The molecule has 0 heterocycles. The van der Waals surface area contributed by atoms with Crippen LogP contribution in [0, 0.1) is 0 Å². The van der Waals surface area contributed by atoms with Crippen LogP contribution in [0.1, 0.15) is 20.3 Å². The highest BCUT2D eigenvalue weighted by Crippen LogP contribution is 2.15. The zero-order valence-corrected chi connectivity index (χ0v) is 8.83. The van der Waals surface area contributed by atoms with E-state index in [0.29, 0.717) is 12.4 Å². The van der Waals surface area contributed by atoms with Crippen LogP contribution >= 0.6 is 0 Å². The summed E-state index contributed by atoms with van der Waals surface area (Å²) in [5.74, 6) is -1.88. The first-order valence-corrected chi connectivity index (χ1v) is 4.43. The Kier molecular flexibility index (Phi) is 4.93. The Morgan fingerprint density at radius 3 is 2.60 bits per heavy atom. The van der Waals surface area contributed by atoms with Crippen LogP contribution in [0.15, 0.2) is 16.9 Å². The van der Waals surface area contributed by atoms with Crippen molar-refractivity contribution in [2.75, 3.05) is 6.54 Å². The van der Waals surface area contributed by atoms with Crippen molar-refractivity contribution in [3.05, 3.63) is 11.9 Å². The minimum absolute atomic E-state index is 0.264. The molecule has 0 spiro atoms. The monoisotopic (exact) mass is 217 g/mol. The van der Waals surface area contributed by atoms with E-state index in [1.54, 1.807) is 6.92 Å². The third kappa shape index (κ3) is 4.55. The largest absolute Gasteiger partial charge is 0.480 e. The van der Waals surface area contributed by atoms with Crippen molar-refractivity contribution in [1.82, 2.24) is 0 Å². The van der Waals surface area contributed by atoms with Crippen LogP contribution in [0.3, 0.4) is 0 Å². The number of carboxylic acid groups (broad SMARTS) is 1. The Balaban J connectivity index is 4.33. The van der Waals surface area contributed by atoms with Crippen LogP contribution in [0.4, 0.5) is 4.39 Å². The highest BCUT2D eigenvalue weighted by atomic mass is 19.1. The third-order valence-electron chi connectivity index (χ3n) is 1.75. The second kappa shape index (κ2) is 5.45. The average molecular weight is 217 g/mol. The first-order valence-electron chi connectivity index (χ1n) is 4.43. The molecule has 0 bridgehead atoms. The quantitative estimate of drug-likeness (QED) is 0.352. The van der Waals surface area contributed by atoms with Gasteiger partial charge in [0.1, 0.15) is 5.83 Å². The average Bonchev–Trinajstić information content (AvgIpc) is 2.11. The number of rotatable bonds is 5. The van der Waals surface area contributed by atoms with Gasteiger partial charge in [-0.1, -0.05) is 0 Å². The lowest BCUT2D eigenvalue weighted by molar-refractivity contribution is -0.141. The summed E-state index contributed by atoms with van der Waals surface area (Å²) in [6.45, 7) is 3.02. The summed E-state index contributed by atoms with van der Waals surface area (Å²) in [5, 5.41) is 8.60. The van der Waals surface area contributed by atoms with E-state index in [9.17, 15) is 9.18 Å². The fourth-order valence-electron chi connectivity index (χ4n) is 0.746. The normalized spacial score (nSPS) is 17.3. The highest BCUT2D eigenvalue weighted by molar-refractivity contribution is 5.81. The van der Waals surface area contributed by atoms with Gasteiger partial charge in [-0.05, 0) is 26.3 Å². The summed E-state index contributed by atoms with van der Waals surface area (Å²) < 4.78 is 13.2. The molecule has 0 aliphatic rings. The van der Waals surface area contributed by atoms with E-state index in [1.165, 1.54) is 0 Å². The molecule has 0 amide bonds. The molecular formula is C9H16FN3O2. The maximum atomic E-state index is 13.2. The fraction of sp³-hybridized carbons (Fsp3) is 0.556. The Labute approximate surface area is 87.7 Å². The van der Waals surface area contributed by atoms with E-state index in [4.69, 9.17) is 16.6 Å². The molecule has 0 fully saturated rings. The molecule has 0 aliphatic carbocycles. The van der Waals surface area contributed by atoms with Crippen molar-refractivity contribution in [2.24, 2.45) is 16.5 Å². The molecule has 5 nitrogen and oxygen atoms in total. The lowest BCUT2D eigenvalue weighted by atomic mass is 10.0. The van der Waals surface area contributed by atoms with E-state index in [2.05, 4.69) is 4.99 Å². The molecule has 0 rings (SSSR count). The van der Waals surface area contributed by atoms with Gasteiger partial charge in [0.25, 0.3) is 0 Å².